The lowest BCUT2D eigenvalue weighted by Gasteiger charge is -2.22. The molecule has 1 aromatic carbocycles. The van der Waals surface area contributed by atoms with Gasteiger partial charge >= 0.3 is 0 Å². The molecular formula is C28H28ClF2N3O4. The van der Waals surface area contributed by atoms with Crippen LogP contribution in [0.5, 0.6) is 0 Å². The molecule has 0 aliphatic rings. The zero-order valence-corrected chi connectivity index (χ0v) is 22.4. The van der Waals surface area contributed by atoms with Crippen LogP contribution in [0.2, 0.25) is 0 Å². The Bertz CT molecular complexity index is 1450. The van der Waals surface area contributed by atoms with Crippen molar-refractivity contribution in [2.45, 2.75) is 46.8 Å². The number of hydrogen-bond donors (Lipinski definition) is 1. The van der Waals surface area contributed by atoms with Crippen LogP contribution in [-0.2, 0) is 21.7 Å². The van der Waals surface area contributed by atoms with Gasteiger partial charge in [-0.3, -0.25) is 19.1 Å². The molecule has 3 rings (SSSR count). The first-order valence-corrected chi connectivity index (χ1v) is 12.0. The largest absolute Gasteiger partial charge is 0.487 e. The van der Waals surface area contributed by atoms with Crippen molar-refractivity contribution in [1.82, 2.24) is 9.55 Å². The van der Waals surface area contributed by atoms with Gasteiger partial charge in [-0.15, -0.1) is 0 Å². The second kappa shape index (κ2) is 11.7. The number of pyridine rings is 2. The predicted molar refractivity (Wildman–Crippen MR) is 142 cm³/mol. The molecule has 0 aliphatic heterocycles. The molecule has 0 radical (unpaired) electrons. The Labute approximate surface area is 224 Å². The topological polar surface area (TPSA) is 84.7 Å². The van der Waals surface area contributed by atoms with Crippen LogP contribution in [0.15, 0.2) is 76.2 Å². The van der Waals surface area contributed by atoms with Gasteiger partial charge in [0.25, 0.3) is 5.56 Å². The number of carbonyl (C=O) groups is 1. The van der Waals surface area contributed by atoms with Gasteiger partial charge in [0.15, 0.2) is 0 Å². The Morgan fingerprint density at radius 2 is 1.87 bits per heavy atom. The predicted octanol–water partition coefficient (Wildman–Crippen LogP) is 5.60. The molecular weight excluding hydrogens is 516 g/mol. The number of aliphatic hydroxyl groups is 1. The molecule has 0 atom stereocenters. The van der Waals surface area contributed by atoms with Crippen LogP contribution in [0.1, 0.15) is 44.4 Å². The number of aromatic nitrogens is 2. The second-order valence-corrected chi connectivity index (χ2v) is 9.70. The van der Waals surface area contributed by atoms with Crippen molar-refractivity contribution in [3.63, 3.8) is 0 Å². The second-order valence-electron chi connectivity index (χ2n) is 9.13. The molecule has 0 bridgehead atoms. The fourth-order valence-electron chi connectivity index (χ4n) is 3.68. The Balaban J connectivity index is 1.99. The SMILES string of the molecule is C/C(=C/C(OCc1c(F)cccc1F)=C(\C)Cl)N(C=O)c1cc(-n2cccc(C(C)(C)O)c2=O)ncc1C. The van der Waals surface area contributed by atoms with Crippen molar-refractivity contribution in [3.05, 3.63) is 110 Å². The molecule has 0 fully saturated rings. The molecule has 0 saturated carbocycles. The first kappa shape index (κ1) is 28.7. The highest BCUT2D eigenvalue weighted by Crippen LogP contribution is 2.26. The van der Waals surface area contributed by atoms with Crippen LogP contribution in [0.3, 0.4) is 0 Å². The molecule has 10 heteroatoms. The van der Waals surface area contributed by atoms with Gasteiger partial charge in [0.2, 0.25) is 6.41 Å². The summed E-state index contributed by atoms with van der Waals surface area (Å²) in [5.74, 6) is -1.16. The molecule has 0 unspecified atom stereocenters. The number of nitrogens with zero attached hydrogens (tertiary/aromatic N) is 3. The summed E-state index contributed by atoms with van der Waals surface area (Å²) in [7, 11) is 0. The van der Waals surface area contributed by atoms with E-state index < -0.39 is 29.4 Å². The summed E-state index contributed by atoms with van der Waals surface area (Å²) in [5.41, 5.74) is -0.465. The van der Waals surface area contributed by atoms with E-state index in [9.17, 15) is 23.5 Å². The minimum Gasteiger partial charge on any atom is -0.487 e. The Hall–Kier alpha value is -3.82. The Morgan fingerprint density at radius 3 is 2.45 bits per heavy atom. The van der Waals surface area contributed by atoms with E-state index in [4.69, 9.17) is 16.3 Å². The molecule has 3 aromatic rings. The van der Waals surface area contributed by atoms with Crippen molar-refractivity contribution in [1.29, 1.82) is 0 Å². The summed E-state index contributed by atoms with van der Waals surface area (Å²) in [6.45, 7) is 7.52. The number of aryl methyl sites for hydroxylation is 1. The Kier molecular flexibility index (Phi) is 8.85. The van der Waals surface area contributed by atoms with E-state index >= 15 is 0 Å². The van der Waals surface area contributed by atoms with E-state index in [1.165, 1.54) is 53.9 Å². The van der Waals surface area contributed by atoms with Gasteiger partial charge in [-0.25, -0.2) is 13.8 Å². The standard InChI is InChI=1S/C28H28ClF2N3O4/c1-17-14-32-26(33-11-7-8-21(27(33)36)28(4,5)37)13-24(17)34(16-35)18(2)12-25(19(3)29)38-15-20-22(30)9-6-10-23(20)31/h6-14,16,37H,15H2,1-5H3/b18-12-,25-19-. The van der Waals surface area contributed by atoms with E-state index in [1.54, 1.807) is 32.9 Å². The highest BCUT2D eigenvalue weighted by atomic mass is 35.5. The molecule has 1 amide bonds. The van der Waals surface area contributed by atoms with E-state index in [-0.39, 0.29) is 27.7 Å². The van der Waals surface area contributed by atoms with Crippen LogP contribution in [0, 0.1) is 18.6 Å². The molecule has 1 N–H and O–H groups in total. The molecule has 7 nitrogen and oxygen atoms in total. The number of rotatable bonds is 9. The average Bonchev–Trinajstić information content (AvgIpc) is 2.84. The van der Waals surface area contributed by atoms with Gasteiger partial charge in [-0.2, -0.15) is 0 Å². The number of amides is 1. The zero-order valence-electron chi connectivity index (χ0n) is 21.6. The smallest absolute Gasteiger partial charge is 0.262 e. The summed E-state index contributed by atoms with van der Waals surface area (Å²) >= 11 is 6.18. The van der Waals surface area contributed by atoms with Gasteiger partial charge in [0.05, 0.1) is 21.9 Å². The minimum absolute atomic E-state index is 0.111. The third-order valence-electron chi connectivity index (χ3n) is 5.77. The summed E-state index contributed by atoms with van der Waals surface area (Å²) in [5, 5.41) is 10.6. The van der Waals surface area contributed by atoms with Crippen molar-refractivity contribution >= 4 is 23.7 Å². The maximum absolute atomic E-state index is 14.0. The fraction of sp³-hybridized carbons (Fsp3) is 0.250. The molecule has 0 saturated heterocycles. The molecule has 0 spiro atoms. The molecule has 0 aliphatic carbocycles. The summed E-state index contributed by atoms with van der Waals surface area (Å²) in [4.78, 5) is 30.8. The average molecular weight is 544 g/mol. The van der Waals surface area contributed by atoms with Crippen LogP contribution < -0.4 is 10.5 Å². The third kappa shape index (κ3) is 6.35. The quantitative estimate of drug-likeness (QED) is 0.216. The van der Waals surface area contributed by atoms with Crippen LogP contribution in [-0.4, -0.2) is 21.1 Å². The molecule has 2 aromatic heterocycles. The van der Waals surface area contributed by atoms with Crippen LogP contribution >= 0.6 is 11.6 Å². The number of allylic oxidation sites excluding steroid dienone is 3. The summed E-state index contributed by atoms with van der Waals surface area (Å²) in [6.07, 6.45) is 5.07. The lowest BCUT2D eigenvalue weighted by molar-refractivity contribution is -0.107. The van der Waals surface area contributed by atoms with E-state index in [1.807, 2.05) is 0 Å². The maximum Gasteiger partial charge on any atom is 0.262 e. The maximum atomic E-state index is 14.0. The van der Waals surface area contributed by atoms with Gasteiger partial charge in [0.1, 0.15) is 29.8 Å². The lowest BCUT2D eigenvalue weighted by atomic mass is 10.0. The van der Waals surface area contributed by atoms with Crippen LogP contribution in [0.25, 0.3) is 5.82 Å². The van der Waals surface area contributed by atoms with E-state index in [2.05, 4.69) is 4.98 Å². The molecule has 2 heterocycles. The normalized spacial score (nSPS) is 12.7. The number of ether oxygens (including phenoxy) is 1. The van der Waals surface area contributed by atoms with Crippen molar-refractivity contribution in [2.24, 2.45) is 0 Å². The van der Waals surface area contributed by atoms with Gasteiger partial charge in [-0.1, -0.05) is 17.7 Å². The number of carbonyl (C=O) groups excluding carboxylic acids is 1. The highest BCUT2D eigenvalue weighted by molar-refractivity contribution is 6.29. The minimum atomic E-state index is -1.37. The van der Waals surface area contributed by atoms with E-state index in [0.717, 1.165) is 12.1 Å². The van der Waals surface area contributed by atoms with Crippen molar-refractivity contribution in [3.8, 4) is 5.82 Å². The monoisotopic (exact) mass is 543 g/mol. The Morgan fingerprint density at radius 1 is 1.21 bits per heavy atom. The number of hydrogen-bond acceptors (Lipinski definition) is 5. The number of halogens is 3. The number of anilines is 1. The lowest BCUT2D eigenvalue weighted by Crippen LogP contribution is -2.31. The van der Waals surface area contributed by atoms with Gasteiger partial charge < -0.3 is 9.84 Å². The number of benzene rings is 1. The summed E-state index contributed by atoms with van der Waals surface area (Å²) in [6, 6.07) is 8.22. The first-order valence-electron chi connectivity index (χ1n) is 11.6. The zero-order chi connectivity index (χ0) is 28.2. The molecule has 200 valence electrons. The first-order chi connectivity index (χ1) is 17.8. The fourth-order valence-corrected chi connectivity index (χ4v) is 3.79. The van der Waals surface area contributed by atoms with Crippen molar-refractivity contribution in [2.75, 3.05) is 4.90 Å². The van der Waals surface area contributed by atoms with Gasteiger partial charge in [-0.05, 0) is 64.4 Å². The highest BCUT2D eigenvalue weighted by Gasteiger charge is 2.22. The van der Waals surface area contributed by atoms with Crippen molar-refractivity contribution < 1.29 is 23.4 Å². The van der Waals surface area contributed by atoms with Crippen LogP contribution in [0.4, 0.5) is 14.5 Å². The molecule has 38 heavy (non-hydrogen) atoms. The van der Waals surface area contributed by atoms with E-state index in [0.29, 0.717) is 23.4 Å². The van der Waals surface area contributed by atoms with Gasteiger partial charge in [0, 0.05) is 35.8 Å². The third-order valence-corrected chi connectivity index (χ3v) is 5.96. The summed E-state index contributed by atoms with van der Waals surface area (Å²) < 4.78 is 34.9.